The Balaban J connectivity index is 0.000000758. The second-order valence-electron chi connectivity index (χ2n) is 8.79. The van der Waals surface area contributed by atoms with Crippen LogP contribution < -0.4 is 25.8 Å². The van der Waals surface area contributed by atoms with Crippen LogP contribution in [0.3, 0.4) is 0 Å². The summed E-state index contributed by atoms with van der Waals surface area (Å²) in [6, 6.07) is 10.6. The van der Waals surface area contributed by atoms with Crippen molar-refractivity contribution in [2.75, 3.05) is 19.2 Å². The maximum atomic E-state index is 12.8. The molecule has 0 aliphatic carbocycles. The van der Waals surface area contributed by atoms with Crippen molar-refractivity contribution in [3.05, 3.63) is 87.4 Å². The van der Waals surface area contributed by atoms with Crippen molar-refractivity contribution in [1.82, 2.24) is 30.0 Å². The Hall–Kier alpha value is -5.24. The predicted octanol–water partition coefficient (Wildman–Crippen LogP) is 1.95. The van der Waals surface area contributed by atoms with Crippen LogP contribution in [-0.4, -0.2) is 55.5 Å². The fraction of sp³-hybridized carbons (Fsp3) is 0.231. The zero-order valence-electron chi connectivity index (χ0n) is 21.6. The second-order valence-corrected chi connectivity index (χ2v) is 8.79. The lowest BCUT2D eigenvalue weighted by Gasteiger charge is -2.24. The highest BCUT2D eigenvalue weighted by molar-refractivity contribution is 6.00. The topological polar surface area (TPSA) is 189 Å². The van der Waals surface area contributed by atoms with E-state index >= 15 is 0 Å². The number of aromatic amines is 1. The minimum atomic E-state index is -0.833. The second kappa shape index (κ2) is 11.2. The van der Waals surface area contributed by atoms with Gasteiger partial charge in [-0.15, -0.1) is 9.78 Å². The van der Waals surface area contributed by atoms with E-state index in [-0.39, 0.29) is 12.7 Å². The van der Waals surface area contributed by atoms with E-state index in [4.69, 9.17) is 29.5 Å². The zero-order valence-corrected chi connectivity index (χ0v) is 21.6. The van der Waals surface area contributed by atoms with Crippen LogP contribution in [0.25, 0.3) is 5.95 Å². The highest BCUT2D eigenvalue weighted by Gasteiger charge is 2.26. The van der Waals surface area contributed by atoms with Crippen LogP contribution in [0, 0.1) is 5.41 Å². The fourth-order valence-corrected chi connectivity index (χ4v) is 4.36. The number of benzene rings is 2. The molecule has 40 heavy (non-hydrogen) atoms. The van der Waals surface area contributed by atoms with Crippen LogP contribution in [0.5, 0.6) is 11.5 Å². The number of carboxylic acids is 1. The molecule has 5 N–H and O–H groups in total. The van der Waals surface area contributed by atoms with Crippen LogP contribution in [0.2, 0.25) is 0 Å². The van der Waals surface area contributed by atoms with Gasteiger partial charge in [-0.1, -0.05) is 0 Å². The highest BCUT2D eigenvalue weighted by atomic mass is 16.7. The molecular weight excluding hydrogens is 520 g/mol. The Labute approximate surface area is 227 Å². The first kappa shape index (κ1) is 26.4. The van der Waals surface area contributed by atoms with Crippen LogP contribution in [0.1, 0.15) is 41.0 Å². The van der Waals surface area contributed by atoms with E-state index in [1.807, 2.05) is 30.3 Å². The number of fused-ring (bicyclic) bond motifs is 2. The molecule has 6 rings (SSSR count). The number of carbonyl (C=O) groups is 1. The Morgan fingerprint density at radius 3 is 2.75 bits per heavy atom. The van der Waals surface area contributed by atoms with Gasteiger partial charge in [-0.25, -0.2) is 14.8 Å². The molecule has 2 aliphatic heterocycles. The molecule has 1 atom stereocenters. The summed E-state index contributed by atoms with van der Waals surface area (Å²) in [6.45, 7) is 2.17. The van der Waals surface area contributed by atoms with Gasteiger partial charge in [0.05, 0.1) is 13.7 Å². The van der Waals surface area contributed by atoms with Gasteiger partial charge in [0.15, 0.2) is 24.1 Å². The van der Waals surface area contributed by atoms with Gasteiger partial charge in [-0.3, -0.25) is 15.2 Å². The number of anilines is 1. The molecule has 14 nitrogen and oxygen atoms in total. The molecule has 4 heterocycles. The standard InChI is InChI=1S/C24H22N8O4.C2H4O2/c1-34-18-9-13(7-15-11-35-12-36-20(15)18)19(29-16-3-4-17-14(8-16)10-28-21(17)25)22-30-24(33)32(31-22)23-26-5-2-6-27-23;1-2(3)4/h2-9,19,29H,10-12H2,1H3,(H2,25,28)(H,30,31,33);1H3,(H,3,4)/t19-;/m0./s1. The number of hydrogen-bond donors (Lipinski definition) is 5. The van der Waals surface area contributed by atoms with Crippen molar-refractivity contribution >= 4 is 17.5 Å². The summed E-state index contributed by atoms with van der Waals surface area (Å²) >= 11 is 0. The molecule has 14 heteroatoms. The Bertz CT molecular complexity index is 1600. The number of aliphatic carboxylic acids is 1. The predicted molar refractivity (Wildman–Crippen MR) is 142 cm³/mol. The first-order valence-corrected chi connectivity index (χ1v) is 12.1. The zero-order chi connectivity index (χ0) is 28.2. The van der Waals surface area contributed by atoms with E-state index in [1.165, 1.54) is 0 Å². The van der Waals surface area contributed by atoms with Crippen molar-refractivity contribution in [2.24, 2.45) is 0 Å². The van der Waals surface area contributed by atoms with Crippen molar-refractivity contribution in [1.29, 1.82) is 5.41 Å². The number of carboxylic acid groups (broad SMARTS) is 1. The van der Waals surface area contributed by atoms with E-state index < -0.39 is 17.7 Å². The number of ether oxygens (including phenoxy) is 3. The molecule has 2 aromatic carbocycles. The molecule has 0 fully saturated rings. The third-order valence-corrected chi connectivity index (χ3v) is 6.04. The van der Waals surface area contributed by atoms with Crippen molar-refractivity contribution in [2.45, 2.75) is 26.1 Å². The quantitative estimate of drug-likeness (QED) is 0.238. The Morgan fingerprint density at radius 2 is 2.00 bits per heavy atom. The van der Waals surface area contributed by atoms with Crippen molar-refractivity contribution in [3.63, 3.8) is 0 Å². The minimum Gasteiger partial charge on any atom is -0.493 e. The molecule has 0 bridgehead atoms. The molecule has 0 spiro atoms. The third-order valence-electron chi connectivity index (χ3n) is 6.04. The molecule has 0 amide bonds. The number of nitrogens with one attached hydrogen (secondary N) is 4. The number of methoxy groups -OCH3 is 1. The third kappa shape index (κ3) is 5.47. The van der Waals surface area contributed by atoms with Gasteiger partial charge >= 0.3 is 5.69 Å². The number of amidine groups is 1. The average molecular weight is 547 g/mol. The summed E-state index contributed by atoms with van der Waals surface area (Å²) < 4.78 is 17.9. The van der Waals surface area contributed by atoms with Crippen LogP contribution in [0.15, 0.2) is 53.6 Å². The largest absolute Gasteiger partial charge is 0.493 e. The van der Waals surface area contributed by atoms with Gasteiger partial charge in [-0.05, 0) is 47.5 Å². The molecule has 0 saturated heterocycles. The van der Waals surface area contributed by atoms with E-state index in [0.717, 1.165) is 39.5 Å². The lowest BCUT2D eigenvalue weighted by Crippen LogP contribution is -2.18. The molecule has 2 aromatic heterocycles. The molecule has 0 unspecified atom stereocenters. The molecular formula is C26H26N8O6. The maximum absolute atomic E-state index is 12.8. The monoisotopic (exact) mass is 546 g/mol. The van der Waals surface area contributed by atoms with Gasteiger partial charge in [0.1, 0.15) is 11.9 Å². The summed E-state index contributed by atoms with van der Waals surface area (Å²) in [5.41, 5.74) is 3.80. The van der Waals surface area contributed by atoms with Gasteiger partial charge in [-0.2, -0.15) is 0 Å². The van der Waals surface area contributed by atoms with Crippen LogP contribution in [0.4, 0.5) is 5.69 Å². The Morgan fingerprint density at radius 1 is 1.23 bits per heavy atom. The van der Waals surface area contributed by atoms with Crippen LogP contribution in [-0.2, 0) is 22.7 Å². The number of nitrogens with zero attached hydrogens (tertiary/aromatic N) is 4. The van der Waals surface area contributed by atoms with E-state index in [1.54, 1.807) is 25.6 Å². The summed E-state index contributed by atoms with van der Waals surface area (Å²) in [6.07, 6.45) is 3.09. The summed E-state index contributed by atoms with van der Waals surface area (Å²) in [7, 11) is 1.58. The first-order chi connectivity index (χ1) is 19.3. The smallest absolute Gasteiger partial charge is 0.350 e. The average Bonchev–Trinajstić information content (AvgIpc) is 3.53. The molecule has 0 radical (unpaired) electrons. The van der Waals surface area contributed by atoms with Gasteiger partial charge in [0, 0.05) is 42.7 Å². The maximum Gasteiger partial charge on any atom is 0.350 e. The molecule has 4 aromatic rings. The van der Waals surface area contributed by atoms with Crippen LogP contribution >= 0.6 is 0 Å². The van der Waals surface area contributed by atoms with Gasteiger partial charge in [0.25, 0.3) is 11.9 Å². The van der Waals surface area contributed by atoms with E-state index in [0.29, 0.717) is 36.3 Å². The van der Waals surface area contributed by atoms with Crippen molar-refractivity contribution in [3.8, 4) is 17.4 Å². The number of aromatic nitrogens is 5. The lowest BCUT2D eigenvalue weighted by molar-refractivity contribution is -0.134. The minimum absolute atomic E-state index is 0.150. The highest BCUT2D eigenvalue weighted by Crippen LogP contribution is 2.39. The Kier molecular flexibility index (Phi) is 7.41. The SMILES string of the molecule is CC(=O)O.COc1cc([C@H](Nc2ccc3c(c2)CNC3=N)c2nn(-c3ncccn3)c(=O)[nH]2)cc2c1OCOC2. The first-order valence-electron chi connectivity index (χ1n) is 12.1. The molecule has 206 valence electrons. The summed E-state index contributed by atoms with van der Waals surface area (Å²) in [5.74, 6) is 1.27. The molecule has 2 aliphatic rings. The van der Waals surface area contributed by atoms with E-state index in [2.05, 4.69) is 30.7 Å². The van der Waals surface area contributed by atoms with Crippen molar-refractivity contribution < 1.29 is 24.1 Å². The fourth-order valence-electron chi connectivity index (χ4n) is 4.36. The number of hydrogen-bond acceptors (Lipinski definition) is 10. The van der Waals surface area contributed by atoms with Gasteiger partial charge in [0.2, 0.25) is 0 Å². The van der Waals surface area contributed by atoms with E-state index in [9.17, 15) is 4.79 Å². The number of H-pyrrole nitrogens is 1. The molecule has 0 saturated carbocycles. The normalized spacial score (nSPS) is 14.0. The summed E-state index contributed by atoms with van der Waals surface area (Å²) in [5, 5.41) is 26.5. The number of rotatable bonds is 6. The van der Waals surface area contributed by atoms with Gasteiger partial charge < -0.3 is 30.0 Å². The lowest BCUT2D eigenvalue weighted by atomic mass is 10.0. The summed E-state index contributed by atoms with van der Waals surface area (Å²) in [4.78, 5) is 32.9.